The van der Waals surface area contributed by atoms with Crippen LogP contribution in [0, 0.1) is 18.3 Å². The van der Waals surface area contributed by atoms with Gasteiger partial charge >= 0.3 is 0 Å². The van der Waals surface area contributed by atoms with Gasteiger partial charge in [0.15, 0.2) is 5.55 Å². The van der Waals surface area contributed by atoms with Crippen LogP contribution in [0.4, 0.5) is 0 Å². The molecule has 1 rings (SSSR count). The van der Waals surface area contributed by atoms with Gasteiger partial charge in [-0.1, -0.05) is 29.7 Å². The van der Waals surface area contributed by atoms with Crippen LogP contribution in [0.1, 0.15) is 6.92 Å². The molecule has 11 heavy (non-hydrogen) atoms. The van der Waals surface area contributed by atoms with Gasteiger partial charge in [-0.25, -0.2) is 0 Å². The van der Waals surface area contributed by atoms with Crippen LogP contribution in [-0.4, -0.2) is 17.7 Å². The van der Waals surface area contributed by atoms with E-state index in [1.807, 2.05) is 6.66 Å². The maximum atomic E-state index is 11.6. The summed E-state index contributed by atoms with van der Waals surface area (Å²) < 4.78 is 11.6. The SMILES string of the molecule is C#CC1CSP(C)(=O)SC1C. The van der Waals surface area contributed by atoms with Crippen molar-refractivity contribution in [2.45, 2.75) is 12.2 Å². The van der Waals surface area contributed by atoms with E-state index < -0.39 is 5.55 Å². The molecule has 1 saturated heterocycles. The van der Waals surface area contributed by atoms with Crippen molar-refractivity contribution in [2.24, 2.45) is 5.92 Å². The number of terminal acetylenes is 1. The predicted octanol–water partition coefficient (Wildman–Crippen LogP) is 2.93. The van der Waals surface area contributed by atoms with E-state index in [4.69, 9.17) is 6.42 Å². The molecule has 0 aromatic carbocycles. The van der Waals surface area contributed by atoms with Crippen LogP contribution in [0.25, 0.3) is 0 Å². The van der Waals surface area contributed by atoms with Crippen LogP contribution >= 0.6 is 28.3 Å². The standard InChI is InChI=1S/C7H11OPS2/c1-4-7-5-10-9(3,8)11-6(7)2/h1,6-7H,5H2,2-3H3. The lowest BCUT2D eigenvalue weighted by Gasteiger charge is -2.27. The first kappa shape index (κ1) is 9.58. The first-order chi connectivity index (χ1) is 5.05. The van der Waals surface area contributed by atoms with Crippen LogP contribution in [0.5, 0.6) is 0 Å². The van der Waals surface area contributed by atoms with Crippen molar-refractivity contribution < 1.29 is 4.57 Å². The molecule has 0 radical (unpaired) electrons. The molecule has 0 spiro atoms. The molecule has 0 aromatic rings. The highest BCUT2D eigenvalue weighted by Crippen LogP contribution is 2.71. The van der Waals surface area contributed by atoms with E-state index in [1.54, 1.807) is 11.4 Å². The van der Waals surface area contributed by atoms with E-state index in [0.29, 0.717) is 11.2 Å². The highest BCUT2D eigenvalue weighted by molar-refractivity contribution is 8.90. The molecule has 0 saturated carbocycles. The summed E-state index contributed by atoms with van der Waals surface area (Å²) in [6.45, 7) is 3.89. The first-order valence-corrected chi connectivity index (χ1v) is 8.65. The minimum Gasteiger partial charge on any atom is -0.301 e. The zero-order valence-corrected chi connectivity index (χ0v) is 9.14. The molecule has 0 bridgehead atoms. The van der Waals surface area contributed by atoms with E-state index in [9.17, 15) is 4.57 Å². The van der Waals surface area contributed by atoms with E-state index in [-0.39, 0.29) is 0 Å². The Balaban J connectivity index is 2.64. The molecule has 3 unspecified atom stereocenters. The Kier molecular flexibility index (Phi) is 3.02. The zero-order valence-electron chi connectivity index (χ0n) is 6.61. The molecule has 0 N–H and O–H groups in total. The summed E-state index contributed by atoms with van der Waals surface area (Å²) in [4.78, 5) is 0. The van der Waals surface area contributed by atoms with E-state index >= 15 is 0 Å². The molecule has 1 nitrogen and oxygen atoms in total. The Morgan fingerprint density at radius 3 is 2.82 bits per heavy atom. The van der Waals surface area contributed by atoms with Gasteiger partial charge < -0.3 is 4.57 Å². The maximum absolute atomic E-state index is 11.6. The quantitative estimate of drug-likeness (QED) is 0.448. The van der Waals surface area contributed by atoms with Gasteiger partial charge in [0, 0.05) is 23.6 Å². The molecule has 3 atom stereocenters. The molecule has 0 aliphatic carbocycles. The van der Waals surface area contributed by atoms with Crippen LogP contribution in [0.3, 0.4) is 0 Å². The third-order valence-electron chi connectivity index (χ3n) is 1.63. The van der Waals surface area contributed by atoms with Gasteiger partial charge in [0.1, 0.15) is 0 Å². The van der Waals surface area contributed by atoms with Crippen molar-refractivity contribution in [1.29, 1.82) is 0 Å². The zero-order chi connectivity index (χ0) is 8.48. The molecule has 1 fully saturated rings. The fourth-order valence-corrected chi connectivity index (χ4v) is 8.91. The van der Waals surface area contributed by atoms with Gasteiger partial charge in [0.25, 0.3) is 0 Å². The Morgan fingerprint density at radius 1 is 1.73 bits per heavy atom. The average Bonchev–Trinajstić information content (AvgIpc) is 1.86. The second-order valence-electron chi connectivity index (χ2n) is 2.65. The normalized spacial score (nSPS) is 44.8. The van der Waals surface area contributed by atoms with Gasteiger partial charge in [-0.3, -0.25) is 0 Å². The van der Waals surface area contributed by atoms with Crippen molar-refractivity contribution in [3.8, 4) is 12.3 Å². The summed E-state index contributed by atoms with van der Waals surface area (Å²) in [5.41, 5.74) is -1.96. The van der Waals surface area contributed by atoms with Gasteiger partial charge in [0.2, 0.25) is 0 Å². The average molecular weight is 206 g/mol. The van der Waals surface area contributed by atoms with Crippen LogP contribution < -0.4 is 0 Å². The molecule has 4 heteroatoms. The minimum atomic E-state index is -1.96. The molecule has 1 aliphatic heterocycles. The Hall–Kier alpha value is 0.490. The van der Waals surface area contributed by atoms with Crippen LogP contribution in [0.15, 0.2) is 0 Å². The summed E-state index contributed by atoms with van der Waals surface area (Å²) in [5, 5.41) is 0.358. The summed E-state index contributed by atoms with van der Waals surface area (Å²) in [5.74, 6) is 3.89. The fourth-order valence-electron chi connectivity index (χ4n) is 0.941. The number of hydrogen-bond acceptors (Lipinski definition) is 3. The molecule has 0 aromatic heterocycles. The van der Waals surface area contributed by atoms with Crippen LogP contribution in [-0.2, 0) is 4.57 Å². The molecule has 62 valence electrons. The highest BCUT2D eigenvalue weighted by Gasteiger charge is 2.31. The van der Waals surface area contributed by atoms with Crippen molar-refractivity contribution in [2.75, 3.05) is 12.4 Å². The second kappa shape index (κ2) is 3.47. The van der Waals surface area contributed by atoms with E-state index in [2.05, 4.69) is 12.8 Å². The lowest BCUT2D eigenvalue weighted by Crippen LogP contribution is -2.17. The lowest BCUT2D eigenvalue weighted by molar-refractivity contribution is 0.595. The van der Waals surface area contributed by atoms with Crippen LogP contribution in [0.2, 0.25) is 0 Å². The smallest absolute Gasteiger partial charge is 0.188 e. The largest absolute Gasteiger partial charge is 0.301 e. The number of rotatable bonds is 0. The molecular formula is C7H11OPS2. The predicted molar refractivity (Wildman–Crippen MR) is 55.4 cm³/mol. The summed E-state index contributed by atoms with van der Waals surface area (Å²) in [7, 11) is 0. The highest BCUT2D eigenvalue weighted by atomic mass is 33.1. The molecule has 1 aliphatic rings. The van der Waals surface area contributed by atoms with E-state index in [0.717, 1.165) is 5.75 Å². The Bertz CT molecular complexity index is 233. The topological polar surface area (TPSA) is 17.1 Å². The van der Waals surface area contributed by atoms with Gasteiger partial charge in [0.05, 0.1) is 0 Å². The first-order valence-electron chi connectivity index (χ1n) is 3.42. The molecule has 0 amide bonds. The molecular weight excluding hydrogens is 195 g/mol. The van der Waals surface area contributed by atoms with Crippen molar-refractivity contribution >= 4 is 28.3 Å². The summed E-state index contributed by atoms with van der Waals surface area (Å²) in [6.07, 6.45) is 5.32. The Labute approximate surface area is 76.0 Å². The second-order valence-corrected chi connectivity index (χ2v) is 12.0. The van der Waals surface area contributed by atoms with Gasteiger partial charge in [-0.15, -0.1) is 12.3 Å². The molecule has 1 heterocycles. The minimum absolute atomic E-state index is 0.298. The summed E-state index contributed by atoms with van der Waals surface area (Å²) in [6, 6.07) is 0. The monoisotopic (exact) mass is 206 g/mol. The van der Waals surface area contributed by atoms with Gasteiger partial charge in [-0.05, 0) is 0 Å². The lowest BCUT2D eigenvalue weighted by atomic mass is 10.1. The van der Waals surface area contributed by atoms with Crippen molar-refractivity contribution in [1.82, 2.24) is 0 Å². The van der Waals surface area contributed by atoms with E-state index in [1.165, 1.54) is 11.4 Å². The number of hydrogen-bond donors (Lipinski definition) is 0. The third kappa shape index (κ3) is 2.47. The van der Waals surface area contributed by atoms with Crippen molar-refractivity contribution in [3.63, 3.8) is 0 Å². The fraction of sp³-hybridized carbons (Fsp3) is 0.714. The van der Waals surface area contributed by atoms with Crippen molar-refractivity contribution in [3.05, 3.63) is 0 Å². The van der Waals surface area contributed by atoms with Gasteiger partial charge in [-0.2, -0.15) is 0 Å². The Morgan fingerprint density at radius 2 is 2.36 bits per heavy atom. The maximum Gasteiger partial charge on any atom is 0.188 e. The third-order valence-corrected chi connectivity index (χ3v) is 9.37. The summed E-state index contributed by atoms with van der Waals surface area (Å²) >= 11 is 3.09.